The summed E-state index contributed by atoms with van der Waals surface area (Å²) in [5.41, 5.74) is 5.96. The Kier molecular flexibility index (Phi) is 17.3. The van der Waals surface area contributed by atoms with E-state index in [2.05, 4.69) is 22.6 Å². The van der Waals surface area contributed by atoms with E-state index < -0.39 is 65.6 Å². The van der Waals surface area contributed by atoms with E-state index in [9.17, 15) is 19.5 Å². The molecule has 2 fully saturated rings. The third-order valence-corrected chi connectivity index (χ3v) is 12.3. The molecular weight excluding hydrogens is 759 g/mol. The normalized spacial score (nSPS) is 30.3. The van der Waals surface area contributed by atoms with Crippen molar-refractivity contribution in [3.8, 4) is 11.3 Å². The van der Waals surface area contributed by atoms with Crippen molar-refractivity contribution in [1.29, 1.82) is 0 Å². The van der Waals surface area contributed by atoms with Gasteiger partial charge in [-0.1, -0.05) is 38.1 Å². The van der Waals surface area contributed by atoms with E-state index in [4.69, 9.17) is 29.4 Å². The Balaban J connectivity index is 1.58. The molecule has 0 spiro atoms. The molecule has 0 radical (unpaired) electrons. The number of carbonyl (C=O) groups is 3. The van der Waals surface area contributed by atoms with Gasteiger partial charge in [-0.15, -0.1) is 5.10 Å². The second kappa shape index (κ2) is 21.2. The fraction of sp³-hybridized carbons (Fsp3) is 0.744. The average molecular weight is 830 g/mol. The third-order valence-electron chi connectivity index (χ3n) is 12.3. The largest absolute Gasteiger partial charge is 0.458 e. The van der Waals surface area contributed by atoms with E-state index in [-0.39, 0.29) is 31.0 Å². The van der Waals surface area contributed by atoms with Crippen LogP contribution in [0.4, 0.5) is 10.5 Å². The van der Waals surface area contributed by atoms with Gasteiger partial charge < -0.3 is 44.7 Å². The van der Waals surface area contributed by atoms with Gasteiger partial charge in [0.1, 0.15) is 29.6 Å². The molecule has 4 rings (SSSR count). The number of methoxy groups -OCH3 is 1. The standard InChI is InChI=1S/C43H71N7O9/c1-12-33(48(9)10)37(52)40(56-14-3)58-36-23-34(51)28(5)39(53)57-35(13-2)43(8)38(29(6)45-25-27(4)24-42(36,7)55-11)50(41(54)59-43)21-16-15-20-49-26-32(46-47-49)30-18-17-19-31(44)22-30/h17-19,22,26-29,33,35-38,40,45,52H,12-16,20-21,23-25,44H2,1-11H3/t27-,28-,29-,33?,35-,36-,37?,38-,40+,42-,43-/m1/s1. The summed E-state index contributed by atoms with van der Waals surface area (Å²) in [5.74, 6) is -2.30. The number of fused-ring (bicyclic) bond motifs is 1. The number of nitrogens with one attached hydrogen (secondary N) is 1. The van der Waals surface area contributed by atoms with E-state index >= 15 is 0 Å². The Hall–Kier alpha value is -3.67. The first kappa shape index (κ1) is 48.0. The van der Waals surface area contributed by atoms with Crippen molar-refractivity contribution in [3.63, 3.8) is 0 Å². The lowest BCUT2D eigenvalue weighted by atomic mass is 9.83. The number of nitrogens with two attached hydrogens (primary N) is 1. The lowest BCUT2D eigenvalue weighted by molar-refractivity contribution is -0.258. The molecule has 0 aliphatic carbocycles. The predicted molar refractivity (Wildman–Crippen MR) is 224 cm³/mol. The van der Waals surface area contributed by atoms with Crippen LogP contribution in [0.25, 0.3) is 11.3 Å². The zero-order valence-corrected chi connectivity index (χ0v) is 37.2. The first-order chi connectivity index (χ1) is 27.9. The van der Waals surface area contributed by atoms with Crippen LogP contribution in [0.3, 0.4) is 0 Å². The van der Waals surface area contributed by atoms with Gasteiger partial charge in [-0.25, -0.2) is 4.79 Å². The van der Waals surface area contributed by atoms with Gasteiger partial charge in [-0.2, -0.15) is 0 Å². The van der Waals surface area contributed by atoms with Crippen molar-refractivity contribution in [2.45, 2.75) is 154 Å². The number of hydrogen-bond donors (Lipinski definition) is 3. The van der Waals surface area contributed by atoms with Crippen molar-refractivity contribution in [3.05, 3.63) is 30.5 Å². The van der Waals surface area contributed by atoms with Crippen molar-refractivity contribution < 1.29 is 43.2 Å². The van der Waals surface area contributed by atoms with Gasteiger partial charge in [0.15, 0.2) is 11.9 Å². The molecule has 1 amide bonds. The summed E-state index contributed by atoms with van der Waals surface area (Å²) in [6.45, 7) is 16.8. The van der Waals surface area contributed by atoms with Gasteiger partial charge >= 0.3 is 12.1 Å². The highest BCUT2D eigenvalue weighted by atomic mass is 16.7. The number of hydrogen-bond acceptors (Lipinski definition) is 14. The predicted octanol–water partition coefficient (Wildman–Crippen LogP) is 4.68. The van der Waals surface area contributed by atoms with Gasteiger partial charge in [-0.3, -0.25) is 19.2 Å². The summed E-state index contributed by atoms with van der Waals surface area (Å²) in [6.07, 6.45) is 0.181. The smallest absolute Gasteiger partial charge is 0.410 e. The zero-order chi connectivity index (χ0) is 43.7. The second-order valence-electron chi connectivity index (χ2n) is 17.0. The number of cyclic esters (lactones) is 1. The molecule has 59 heavy (non-hydrogen) atoms. The highest BCUT2D eigenvalue weighted by molar-refractivity contribution is 5.99. The summed E-state index contributed by atoms with van der Waals surface area (Å²) in [6, 6.07) is 6.40. The monoisotopic (exact) mass is 830 g/mol. The summed E-state index contributed by atoms with van der Waals surface area (Å²) in [7, 11) is 5.34. The average Bonchev–Trinajstić information content (AvgIpc) is 3.77. The third kappa shape index (κ3) is 11.6. The van der Waals surface area contributed by atoms with Crippen LogP contribution >= 0.6 is 0 Å². The zero-order valence-electron chi connectivity index (χ0n) is 37.2. The van der Waals surface area contributed by atoms with Gasteiger partial charge in [-0.05, 0) is 105 Å². The Bertz CT molecular complexity index is 1680. The highest BCUT2D eigenvalue weighted by Crippen LogP contribution is 2.39. The maximum atomic E-state index is 14.1. The number of Topliss-reactive ketones (excluding diaryl/α,β-unsaturated/α-hetero) is 1. The summed E-state index contributed by atoms with van der Waals surface area (Å²) in [4.78, 5) is 45.4. The van der Waals surface area contributed by atoms with Crippen LogP contribution < -0.4 is 11.1 Å². The summed E-state index contributed by atoms with van der Waals surface area (Å²) >= 11 is 0. The highest BCUT2D eigenvalue weighted by Gasteiger charge is 2.58. The van der Waals surface area contributed by atoms with E-state index in [1.807, 2.05) is 91.0 Å². The summed E-state index contributed by atoms with van der Waals surface area (Å²) in [5, 5.41) is 23.8. The lowest BCUT2D eigenvalue weighted by Crippen LogP contribution is -2.61. The number of ketones is 1. The van der Waals surface area contributed by atoms with Crippen LogP contribution in [0.2, 0.25) is 0 Å². The van der Waals surface area contributed by atoms with Crippen LogP contribution in [0.5, 0.6) is 0 Å². The molecule has 3 heterocycles. The minimum absolute atomic E-state index is 0.00994. The number of ether oxygens (including phenoxy) is 5. The molecule has 2 aliphatic heterocycles. The topological polar surface area (TPSA) is 193 Å². The van der Waals surface area contributed by atoms with E-state index in [1.54, 1.807) is 16.7 Å². The molecule has 0 bridgehead atoms. The molecule has 1 aromatic carbocycles. The lowest BCUT2D eigenvalue weighted by Gasteiger charge is -2.42. The summed E-state index contributed by atoms with van der Waals surface area (Å²) < 4.78 is 32.9. The molecule has 16 nitrogen and oxygen atoms in total. The second-order valence-corrected chi connectivity index (χ2v) is 17.0. The number of likely N-dealkylation sites (N-methyl/N-ethyl adjacent to an activating group) is 1. The number of amides is 1. The number of anilines is 1. The molecule has 11 atom stereocenters. The minimum atomic E-state index is -1.23. The molecule has 2 unspecified atom stereocenters. The minimum Gasteiger partial charge on any atom is -0.458 e. The maximum Gasteiger partial charge on any atom is 0.410 e. The number of nitrogens with zero attached hydrogens (tertiary/aromatic N) is 5. The van der Waals surface area contributed by atoms with E-state index in [0.29, 0.717) is 57.4 Å². The number of aliphatic hydroxyl groups is 1. The van der Waals surface area contributed by atoms with Crippen molar-refractivity contribution >= 4 is 23.5 Å². The van der Waals surface area contributed by atoms with Gasteiger partial charge in [0.2, 0.25) is 0 Å². The van der Waals surface area contributed by atoms with E-state index in [1.165, 1.54) is 6.92 Å². The van der Waals surface area contributed by atoms with Crippen molar-refractivity contribution in [2.75, 3.05) is 46.6 Å². The van der Waals surface area contributed by atoms with Crippen LogP contribution in [0.15, 0.2) is 30.5 Å². The first-order valence-corrected chi connectivity index (χ1v) is 21.3. The maximum absolute atomic E-state index is 14.1. The van der Waals surface area contributed by atoms with Crippen LogP contribution in [0.1, 0.15) is 93.9 Å². The number of carbonyl (C=O) groups excluding carboxylic acids is 3. The molecule has 332 valence electrons. The molecule has 2 saturated heterocycles. The number of esters is 1. The molecule has 0 saturated carbocycles. The van der Waals surface area contributed by atoms with Crippen LogP contribution in [-0.2, 0) is 39.8 Å². The Morgan fingerprint density at radius 3 is 2.44 bits per heavy atom. The number of aryl methyl sites for hydroxylation is 1. The number of nitrogen functional groups attached to an aromatic ring is 1. The SMILES string of the molecule is CCO[C@@H](O[C@@H]1CC(=O)[C@@H](C)C(=O)O[C@H](CC)[C@@]2(C)OC(=O)N(CCCCn3cc(-c4cccc(N)c4)nn3)[C@@H]2[C@@H](C)NC[C@H](C)C[C@@]1(C)OC)C(O)C(CC)N(C)C. The number of aliphatic hydroxyl groups excluding tert-OH is 1. The molecule has 2 aliphatic rings. The Morgan fingerprint density at radius 1 is 1.10 bits per heavy atom. The van der Waals surface area contributed by atoms with Gasteiger partial charge in [0.25, 0.3) is 0 Å². The first-order valence-electron chi connectivity index (χ1n) is 21.3. The van der Waals surface area contributed by atoms with Gasteiger partial charge in [0, 0.05) is 56.6 Å². The van der Waals surface area contributed by atoms with Crippen molar-refractivity contribution in [1.82, 2.24) is 30.1 Å². The fourth-order valence-electron chi connectivity index (χ4n) is 8.77. The quantitative estimate of drug-likeness (QED) is 0.0695. The Morgan fingerprint density at radius 2 is 1.81 bits per heavy atom. The number of aromatic nitrogens is 3. The van der Waals surface area contributed by atoms with E-state index in [0.717, 1.165) is 11.3 Å². The number of benzene rings is 1. The molecule has 4 N–H and O–H groups in total. The Labute approximate surface area is 350 Å². The molecule has 2 aromatic rings. The number of rotatable bonds is 16. The fourth-order valence-corrected chi connectivity index (χ4v) is 8.77. The van der Waals surface area contributed by atoms with Gasteiger partial charge in [0.05, 0.1) is 23.9 Å². The molecule has 1 aromatic heterocycles. The molecule has 16 heteroatoms. The van der Waals surface area contributed by atoms with Crippen molar-refractivity contribution in [2.24, 2.45) is 11.8 Å². The van der Waals surface area contributed by atoms with Crippen LogP contribution in [-0.4, -0.2) is 143 Å². The van der Waals surface area contributed by atoms with Crippen LogP contribution in [0, 0.1) is 11.8 Å². The number of unbranched alkanes of at least 4 members (excludes halogenated alkanes) is 1. The molecular formula is C43H71N7O9.